The Kier molecular flexibility index (Phi) is 5.54. The number of carbonyl (C=O) groups excluding carboxylic acids is 1. The number of benzene rings is 1. The number of carbonyl (C=O) groups is 1. The second kappa shape index (κ2) is 7.50. The van der Waals surface area contributed by atoms with Crippen LogP contribution in [0, 0.1) is 5.92 Å². The Hall–Kier alpha value is -1.33. The molecule has 0 amide bonds. The molecule has 25 heavy (non-hydrogen) atoms. The average Bonchev–Trinajstić information content (AvgIpc) is 2.56. The topological polar surface area (TPSA) is 33.2 Å². The zero-order valence-corrected chi connectivity index (χ0v) is 16.4. The third-order valence-electron chi connectivity index (χ3n) is 4.85. The van der Waals surface area contributed by atoms with Gasteiger partial charge in [-0.1, -0.05) is 35.8 Å². The molecule has 0 saturated carbocycles. The van der Waals surface area contributed by atoms with Crippen LogP contribution in [0.1, 0.15) is 32.4 Å². The standard InChI is InChI=1S/C20H24BrFN2O/c1-14(2)13-24-7-5-20(22,6-8-24)19(25)11-18-10-16-9-17(21)4-3-15(16)12-23-18/h3-4,9-10,12,14H,5-8,11,13H2,1-2H3. The predicted molar refractivity (Wildman–Crippen MR) is 103 cm³/mol. The summed E-state index contributed by atoms with van der Waals surface area (Å²) >= 11 is 3.45. The molecule has 134 valence electrons. The molecule has 1 aromatic heterocycles. The van der Waals surface area contributed by atoms with E-state index in [0.29, 0.717) is 24.7 Å². The van der Waals surface area contributed by atoms with Crippen LogP contribution in [0.5, 0.6) is 0 Å². The number of nitrogens with zero attached hydrogens (tertiary/aromatic N) is 2. The fourth-order valence-corrected chi connectivity index (χ4v) is 3.84. The Balaban J connectivity index is 1.67. The van der Waals surface area contributed by atoms with Gasteiger partial charge >= 0.3 is 0 Å². The van der Waals surface area contributed by atoms with Gasteiger partial charge < -0.3 is 4.90 Å². The maximum Gasteiger partial charge on any atom is 0.175 e. The Labute approximate surface area is 156 Å². The second-order valence-corrected chi connectivity index (χ2v) is 8.34. The van der Waals surface area contributed by atoms with E-state index in [9.17, 15) is 4.79 Å². The van der Waals surface area contributed by atoms with Crippen molar-refractivity contribution in [1.29, 1.82) is 0 Å². The number of ketones is 1. The molecule has 1 aliphatic rings. The fraction of sp³-hybridized carbons (Fsp3) is 0.500. The quantitative estimate of drug-likeness (QED) is 0.728. The van der Waals surface area contributed by atoms with Crippen LogP contribution in [0.3, 0.4) is 0 Å². The van der Waals surface area contributed by atoms with Gasteiger partial charge in [-0.3, -0.25) is 9.78 Å². The second-order valence-electron chi connectivity index (χ2n) is 7.43. The first kappa shape index (κ1) is 18.5. The van der Waals surface area contributed by atoms with Crippen molar-refractivity contribution in [2.24, 2.45) is 5.92 Å². The summed E-state index contributed by atoms with van der Waals surface area (Å²) in [5.41, 5.74) is -1.07. The molecule has 1 aliphatic heterocycles. The van der Waals surface area contributed by atoms with Gasteiger partial charge in [0.05, 0.1) is 6.42 Å². The van der Waals surface area contributed by atoms with Crippen LogP contribution in [-0.4, -0.2) is 41.0 Å². The van der Waals surface area contributed by atoms with Gasteiger partial charge in [0.1, 0.15) is 0 Å². The minimum absolute atomic E-state index is 0.0587. The number of alkyl halides is 1. The highest BCUT2D eigenvalue weighted by Gasteiger charge is 2.41. The number of fused-ring (bicyclic) bond motifs is 1. The lowest BCUT2D eigenvalue weighted by atomic mass is 9.86. The number of Topliss-reactive ketones (excluding diaryl/α,β-unsaturated/α-hetero) is 1. The van der Waals surface area contributed by atoms with Crippen molar-refractivity contribution in [1.82, 2.24) is 9.88 Å². The molecular formula is C20H24BrFN2O. The van der Waals surface area contributed by atoms with E-state index < -0.39 is 5.67 Å². The smallest absolute Gasteiger partial charge is 0.175 e. The molecule has 0 radical (unpaired) electrons. The first-order valence-electron chi connectivity index (χ1n) is 8.84. The summed E-state index contributed by atoms with van der Waals surface area (Å²) in [6.45, 7) is 6.58. The largest absolute Gasteiger partial charge is 0.303 e. The number of piperidine rings is 1. The number of hydrogen-bond acceptors (Lipinski definition) is 3. The van der Waals surface area contributed by atoms with Gasteiger partial charge in [0.2, 0.25) is 0 Å². The third-order valence-corrected chi connectivity index (χ3v) is 5.35. The molecule has 0 bridgehead atoms. The minimum Gasteiger partial charge on any atom is -0.303 e. The molecule has 0 N–H and O–H groups in total. The number of aromatic nitrogens is 1. The van der Waals surface area contributed by atoms with E-state index in [0.717, 1.165) is 21.8 Å². The number of pyridine rings is 1. The van der Waals surface area contributed by atoms with Crippen molar-refractivity contribution in [3.05, 3.63) is 40.6 Å². The zero-order chi connectivity index (χ0) is 18.0. The molecule has 5 heteroatoms. The summed E-state index contributed by atoms with van der Waals surface area (Å²) in [4.78, 5) is 19.2. The van der Waals surface area contributed by atoms with Crippen LogP contribution in [0.15, 0.2) is 34.9 Å². The maximum absolute atomic E-state index is 15.1. The highest BCUT2D eigenvalue weighted by atomic mass is 79.9. The summed E-state index contributed by atoms with van der Waals surface area (Å²) in [6, 6.07) is 7.80. The van der Waals surface area contributed by atoms with Gasteiger partial charge in [-0.25, -0.2) is 4.39 Å². The molecule has 3 nitrogen and oxygen atoms in total. The Morgan fingerprint density at radius 1 is 1.28 bits per heavy atom. The lowest BCUT2D eigenvalue weighted by Gasteiger charge is -2.36. The van der Waals surface area contributed by atoms with Gasteiger partial charge in [-0.05, 0) is 29.5 Å². The molecule has 3 rings (SSSR count). The minimum atomic E-state index is -1.71. The highest BCUT2D eigenvalue weighted by molar-refractivity contribution is 9.10. The zero-order valence-electron chi connectivity index (χ0n) is 14.8. The monoisotopic (exact) mass is 406 g/mol. The van der Waals surface area contributed by atoms with E-state index in [-0.39, 0.29) is 25.0 Å². The van der Waals surface area contributed by atoms with Crippen molar-refractivity contribution in [3.63, 3.8) is 0 Å². The van der Waals surface area contributed by atoms with Gasteiger partial charge in [0.15, 0.2) is 11.5 Å². The summed E-state index contributed by atoms with van der Waals surface area (Å²) in [5, 5.41) is 2.02. The van der Waals surface area contributed by atoms with E-state index in [1.807, 2.05) is 24.3 Å². The lowest BCUT2D eigenvalue weighted by Crippen LogP contribution is -2.47. The van der Waals surface area contributed by atoms with Crippen molar-refractivity contribution in [3.8, 4) is 0 Å². The van der Waals surface area contributed by atoms with E-state index in [2.05, 4.69) is 39.7 Å². The molecule has 1 saturated heterocycles. The van der Waals surface area contributed by atoms with Crippen LogP contribution in [0.2, 0.25) is 0 Å². The Morgan fingerprint density at radius 2 is 2.00 bits per heavy atom. The van der Waals surface area contributed by atoms with Crippen LogP contribution in [0.25, 0.3) is 10.8 Å². The fourth-order valence-electron chi connectivity index (χ4n) is 3.46. The summed E-state index contributed by atoms with van der Waals surface area (Å²) in [6.07, 6.45) is 2.39. The van der Waals surface area contributed by atoms with Gasteiger partial charge in [0.25, 0.3) is 0 Å². The Bertz CT molecular complexity index is 769. The molecule has 0 spiro atoms. The molecule has 1 aromatic carbocycles. The number of halogens is 2. The van der Waals surface area contributed by atoms with E-state index in [1.54, 1.807) is 6.20 Å². The number of hydrogen-bond donors (Lipinski definition) is 0. The first-order valence-corrected chi connectivity index (χ1v) is 9.64. The normalized spacial score (nSPS) is 18.0. The molecule has 2 heterocycles. The van der Waals surface area contributed by atoms with Crippen LogP contribution in [-0.2, 0) is 11.2 Å². The molecule has 0 atom stereocenters. The summed E-state index contributed by atoms with van der Waals surface area (Å²) in [7, 11) is 0. The van der Waals surface area contributed by atoms with Crippen molar-refractivity contribution < 1.29 is 9.18 Å². The van der Waals surface area contributed by atoms with Crippen LogP contribution >= 0.6 is 15.9 Å². The van der Waals surface area contributed by atoms with Crippen molar-refractivity contribution in [2.75, 3.05) is 19.6 Å². The number of likely N-dealkylation sites (tertiary alicyclic amines) is 1. The molecule has 1 fully saturated rings. The molecule has 2 aromatic rings. The highest BCUT2D eigenvalue weighted by Crippen LogP contribution is 2.29. The molecule has 0 unspecified atom stereocenters. The van der Waals surface area contributed by atoms with E-state index in [4.69, 9.17) is 0 Å². The Morgan fingerprint density at radius 3 is 2.68 bits per heavy atom. The molecular weight excluding hydrogens is 383 g/mol. The molecule has 0 aliphatic carbocycles. The van der Waals surface area contributed by atoms with Crippen LogP contribution in [0.4, 0.5) is 4.39 Å². The van der Waals surface area contributed by atoms with E-state index >= 15 is 4.39 Å². The first-order chi connectivity index (χ1) is 11.9. The van der Waals surface area contributed by atoms with Crippen molar-refractivity contribution >= 4 is 32.5 Å². The predicted octanol–water partition coefficient (Wildman–Crippen LogP) is 4.57. The SMILES string of the molecule is CC(C)CN1CCC(F)(C(=O)Cc2cc3cc(Br)ccc3cn2)CC1. The summed E-state index contributed by atoms with van der Waals surface area (Å²) < 4.78 is 16.1. The summed E-state index contributed by atoms with van der Waals surface area (Å²) in [5.74, 6) is 0.225. The third kappa shape index (κ3) is 4.45. The van der Waals surface area contributed by atoms with Crippen molar-refractivity contribution in [2.45, 2.75) is 38.8 Å². The maximum atomic E-state index is 15.1. The van der Waals surface area contributed by atoms with Gasteiger partial charge in [0, 0.05) is 54.2 Å². The van der Waals surface area contributed by atoms with Gasteiger partial charge in [-0.15, -0.1) is 0 Å². The lowest BCUT2D eigenvalue weighted by molar-refractivity contribution is -0.133. The van der Waals surface area contributed by atoms with Gasteiger partial charge in [-0.2, -0.15) is 0 Å². The van der Waals surface area contributed by atoms with Crippen LogP contribution < -0.4 is 0 Å². The van der Waals surface area contributed by atoms with E-state index in [1.165, 1.54) is 0 Å². The average molecular weight is 407 g/mol. The number of rotatable bonds is 5.